The molecule has 1 aromatic heterocycles. The van der Waals surface area contributed by atoms with Gasteiger partial charge in [0.1, 0.15) is 11.5 Å². The van der Waals surface area contributed by atoms with Crippen LogP contribution in [-0.4, -0.2) is 21.8 Å². The SMILES string of the molecule is Cc1cnc(NC(=O)CC[C@@H]2CC(=O)[C@@]3(C)CCC4c5ccc(O)c(Br)c5CCC4C23)s1. The highest BCUT2D eigenvalue weighted by molar-refractivity contribution is 9.10. The lowest BCUT2D eigenvalue weighted by Gasteiger charge is -2.50. The van der Waals surface area contributed by atoms with Crippen molar-refractivity contribution in [3.05, 3.63) is 38.8 Å². The van der Waals surface area contributed by atoms with Crippen LogP contribution in [0.25, 0.3) is 0 Å². The normalized spacial score (nSPS) is 31.0. The summed E-state index contributed by atoms with van der Waals surface area (Å²) in [4.78, 5) is 31.0. The number of fused-ring (bicyclic) bond motifs is 5. The lowest BCUT2D eigenvalue weighted by atomic mass is 9.54. The molecule has 1 amide bonds. The molecular weight excluding hydrogens is 488 g/mol. The Kier molecular flexibility index (Phi) is 5.69. The second-order valence-electron chi connectivity index (χ2n) is 10.0. The van der Waals surface area contributed by atoms with E-state index in [-0.39, 0.29) is 17.2 Å². The Balaban J connectivity index is 1.35. The first kappa shape index (κ1) is 22.1. The number of amides is 1. The van der Waals surface area contributed by atoms with Gasteiger partial charge in [0.25, 0.3) is 0 Å². The number of nitrogens with zero attached hydrogens (tertiary/aromatic N) is 1. The molecule has 0 saturated heterocycles. The van der Waals surface area contributed by atoms with Gasteiger partial charge >= 0.3 is 0 Å². The maximum absolute atomic E-state index is 13.1. The van der Waals surface area contributed by atoms with E-state index in [1.807, 2.05) is 6.92 Å². The lowest BCUT2D eigenvalue weighted by Crippen LogP contribution is -2.44. The molecule has 5 rings (SSSR count). The number of carbonyl (C=O) groups is 2. The summed E-state index contributed by atoms with van der Waals surface area (Å²) in [5.41, 5.74) is 2.30. The first-order valence-electron chi connectivity index (χ1n) is 11.5. The Labute approximate surface area is 201 Å². The Morgan fingerprint density at radius 3 is 2.94 bits per heavy atom. The van der Waals surface area contributed by atoms with E-state index in [0.717, 1.165) is 41.5 Å². The van der Waals surface area contributed by atoms with Crippen LogP contribution >= 0.6 is 27.3 Å². The molecule has 5 atom stereocenters. The summed E-state index contributed by atoms with van der Waals surface area (Å²) in [7, 11) is 0. The number of aromatic nitrogens is 1. The van der Waals surface area contributed by atoms with Crippen LogP contribution in [0, 0.1) is 30.1 Å². The Morgan fingerprint density at radius 2 is 2.19 bits per heavy atom. The number of phenols is 1. The average molecular weight is 517 g/mol. The summed E-state index contributed by atoms with van der Waals surface area (Å²) in [6.45, 7) is 4.15. The summed E-state index contributed by atoms with van der Waals surface area (Å²) in [5.74, 6) is 2.14. The molecule has 3 aliphatic carbocycles. The highest BCUT2D eigenvalue weighted by Crippen LogP contribution is 2.62. The molecule has 0 radical (unpaired) electrons. The predicted octanol–water partition coefficient (Wildman–Crippen LogP) is 5.99. The highest BCUT2D eigenvalue weighted by atomic mass is 79.9. The predicted molar refractivity (Wildman–Crippen MR) is 129 cm³/mol. The fourth-order valence-corrected chi connectivity index (χ4v) is 8.09. The van der Waals surface area contributed by atoms with Gasteiger partial charge in [-0.05, 0) is 95.8 Å². The van der Waals surface area contributed by atoms with Gasteiger partial charge in [0.05, 0.1) is 4.47 Å². The van der Waals surface area contributed by atoms with Crippen molar-refractivity contribution in [1.82, 2.24) is 4.98 Å². The van der Waals surface area contributed by atoms with Crippen molar-refractivity contribution in [3.63, 3.8) is 0 Å². The number of nitrogens with one attached hydrogen (secondary N) is 1. The summed E-state index contributed by atoms with van der Waals surface area (Å²) in [6, 6.07) is 3.88. The number of ketones is 1. The van der Waals surface area contributed by atoms with Crippen molar-refractivity contribution in [3.8, 4) is 5.75 Å². The van der Waals surface area contributed by atoms with Crippen LogP contribution in [0.4, 0.5) is 5.13 Å². The third-order valence-corrected chi connectivity index (χ3v) is 9.99. The number of halogens is 1. The Morgan fingerprint density at radius 1 is 1.38 bits per heavy atom. The number of benzene rings is 1. The minimum absolute atomic E-state index is 0.0128. The topological polar surface area (TPSA) is 79.3 Å². The number of phenolic OH excluding ortho intramolecular Hbond substituents is 1. The molecule has 2 aromatic rings. The molecule has 1 aromatic carbocycles. The standard InChI is InChI=1S/C25H29BrN2O3S/c1-13-12-27-24(32-13)28-21(31)8-3-14-11-20(30)25(2)10-9-16-15-6-7-19(29)23(26)18(15)5-4-17(16)22(14)25/h6-7,12,14,16-17,22,29H,3-5,8-11H2,1-2H3,(H,27,28,31)/t14-,16?,17?,22?,25-/m1/s1. The van der Waals surface area contributed by atoms with Crippen molar-refractivity contribution >= 4 is 44.1 Å². The van der Waals surface area contributed by atoms with Crippen LogP contribution in [-0.2, 0) is 16.0 Å². The number of aromatic hydroxyl groups is 1. The molecule has 3 aliphatic rings. The molecule has 0 aliphatic heterocycles. The molecule has 5 nitrogen and oxygen atoms in total. The molecule has 2 N–H and O–H groups in total. The molecule has 0 bridgehead atoms. The monoisotopic (exact) mass is 516 g/mol. The van der Waals surface area contributed by atoms with Crippen LogP contribution in [0.3, 0.4) is 0 Å². The van der Waals surface area contributed by atoms with E-state index in [9.17, 15) is 14.7 Å². The lowest BCUT2D eigenvalue weighted by molar-refractivity contribution is -0.129. The zero-order chi connectivity index (χ0) is 22.6. The van der Waals surface area contributed by atoms with E-state index in [4.69, 9.17) is 0 Å². The number of aryl methyl sites for hydroxylation is 1. The molecule has 7 heteroatoms. The van der Waals surface area contributed by atoms with E-state index < -0.39 is 0 Å². The smallest absolute Gasteiger partial charge is 0.226 e. The largest absolute Gasteiger partial charge is 0.507 e. The van der Waals surface area contributed by atoms with Crippen molar-refractivity contribution in [2.75, 3.05) is 5.32 Å². The fraction of sp³-hybridized carbons (Fsp3) is 0.560. The number of rotatable bonds is 4. The average Bonchev–Trinajstić information content (AvgIpc) is 3.28. The third kappa shape index (κ3) is 3.61. The zero-order valence-electron chi connectivity index (χ0n) is 18.5. The van der Waals surface area contributed by atoms with Gasteiger partial charge in [0, 0.05) is 29.3 Å². The van der Waals surface area contributed by atoms with Gasteiger partial charge in [-0.15, -0.1) is 11.3 Å². The Hall–Kier alpha value is -1.73. The minimum atomic E-state index is -0.264. The number of anilines is 1. The number of hydrogen-bond donors (Lipinski definition) is 2. The van der Waals surface area contributed by atoms with Crippen LogP contribution in [0.2, 0.25) is 0 Å². The van der Waals surface area contributed by atoms with Crippen LogP contribution in [0.5, 0.6) is 5.75 Å². The van der Waals surface area contributed by atoms with Gasteiger partial charge in [0.2, 0.25) is 5.91 Å². The van der Waals surface area contributed by atoms with Gasteiger partial charge in [0.15, 0.2) is 5.13 Å². The van der Waals surface area contributed by atoms with Crippen molar-refractivity contribution < 1.29 is 14.7 Å². The van der Waals surface area contributed by atoms with Gasteiger partial charge in [-0.25, -0.2) is 4.98 Å². The van der Waals surface area contributed by atoms with Gasteiger partial charge in [-0.1, -0.05) is 13.0 Å². The molecule has 170 valence electrons. The Bertz CT molecular complexity index is 1080. The van der Waals surface area contributed by atoms with Gasteiger partial charge in [-0.2, -0.15) is 0 Å². The minimum Gasteiger partial charge on any atom is -0.507 e. The number of Topliss-reactive ketones (excluding diaryl/α,β-unsaturated/α-hetero) is 1. The van der Waals surface area contributed by atoms with Crippen LogP contribution in [0.15, 0.2) is 22.8 Å². The number of carbonyl (C=O) groups excluding carboxylic acids is 2. The van der Waals surface area contributed by atoms with E-state index in [1.165, 1.54) is 22.5 Å². The summed E-state index contributed by atoms with van der Waals surface area (Å²) in [5, 5.41) is 13.7. The molecule has 0 spiro atoms. The van der Waals surface area contributed by atoms with E-state index in [0.29, 0.717) is 47.3 Å². The van der Waals surface area contributed by atoms with E-state index in [2.05, 4.69) is 39.2 Å². The van der Waals surface area contributed by atoms with E-state index in [1.54, 1.807) is 12.3 Å². The number of thiazole rings is 1. The first-order valence-corrected chi connectivity index (χ1v) is 13.1. The molecule has 2 fully saturated rings. The van der Waals surface area contributed by atoms with Crippen molar-refractivity contribution in [2.24, 2.45) is 23.2 Å². The van der Waals surface area contributed by atoms with Gasteiger partial charge < -0.3 is 10.4 Å². The molecule has 32 heavy (non-hydrogen) atoms. The zero-order valence-corrected chi connectivity index (χ0v) is 20.9. The van der Waals surface area contributed by atoms with Gasteiger partial charge in [-0.3, -0.25) is 9.59 Å². The maximum atomic E-state index is 13.1. The summed E-state index contributed by atoms with van der Waals surface area (Å²) >= 11 is 5.07. The third-order valence-electron chi connectivity index (χ3n) is 8.28. The van der Waals surface area contributed by atoms with Crippen molar-refractivity contribution in [2.45, 2.75) is 64.7 Å². The molecular formula is C25H29BrN2O3S. The van der Waals surface area contributed by atoms with Crippen LogP contribution < -0.4 is 5.32 Å². The molecule has 3 unspecified atom stereocenters. The second-order valence-corrected chi connectivity index (χ2v) is 12.0. The quantitative estimate of drug-likeness (QED) is 0.522. The maximum Gasteiger partial charge on any atom is 0.226 e. The second kappa shape index (κ2) is 8.24. The molecule has 1 heterocycles. The van der Waals surface area contributed by atoms with E-state index >= 15 is 0 Å². The van der Waals surface area contributed by atoms with Crippen molar-refractivity contribution in [1.29, 1.82) is 0 Å². The van der Waals surface area contributed by atoms with Crippen LogP contribution in [0.1, 0.15) is 67.4 Å². The first-order chi connectivity index (χ1) is 15.3. The molecule has 2 saturated carbocycles. The number of hydrogen-bond acceptors (Lipinski definition) is 5. The fourth-order valence-electron chi connectivity index (χ4n) is 6.85. The summed E-state index contributed by atoms with van der Waals surface area (Å²) in [6.07, 6.45) is 7.43. The highest BCUT2D eigenvalue weighted by Gasteiger charge is 2.58. The summed E-state index contributed by atoms with van der Waals surface area (Å²) < 4.78 is 0.829.